The van der Waals surface area contributed by atoms with Gasteiger partial charge in [0, 0.05) is 13.0 Å². The molecule has 3 rings (SSSR count). The molecular formula is C30H34F3N5O3. The molecule has 41 heavy (non-hydrogen) atoms. The molecule has 0 spiro atoms. The van der Waals surface area contributed by atoms with Gasteiger partial charge < -0.3 is 26.8 Å². The molecule has 218 valence electrons. The molecule has 8 nitrogen and oxygen atoms in total. The minimum Gasteiger partial charge on any atom is -0.489 e. The molecule has 3 aromatic rings. The number of rotatable bonds is 13. The summed E-state index contributed by atoms with van der Waals surface area (Å²) in [6.07, 6.45) is -1.51. The van der Waals surface area contributed by atoms with Crippen molar-refractivity contribution in [1.82, 2.24) is 10.6 Å². The Morgan fingerprint density at radius 2 is 1.54 bits per heavy atom. The van der Waals surface area contributed by atoms with Crippen LogP contribution in [0.15, 0.2) is 77.8 Å². The molecule has 3 aromatic carbocycles. The average Bonchev–Trinajstić information content (AvgIpc) is 2.94. The van der Waals surface area contributed by atoms with Gasteiger partial charge in [0.05, 0.1) is 11.3 Å². The van der Waals surface area contributed by atoms with Gasteiger partial charge in [-0.15, -0.1) is 0 Å². The van der Waals surface area contributed by atoms with Crippen molar-refractivity contribution in [2.24, 2.45) is 16.5 Å². The first kappa shape index (κ1) is 31.0. The summed E-state index contributed by atoms with van der Waals surface area (Å²) in [5.41, 5.74) is 12.6. The number of carbonyl (C=O) groups excluding carboxylic acids is 2. The van der Waals surface area contributed by atoms with Crippen LogP contribution in [0.3, 0.4) is 0 Å². The van der Waals surface area contributed by atoms with Crippen LogP contribution in [0.5, 0.6) is 5.75 Å². The van der Waals surface area contributed by atoms with Gasteiger partial charge in [-0.2, -0.15) is 13.2 Å². The van der Waals surface area contributed by atoms with E-state index in [1.165, 1.54) is 12.1 Å². The minimum absolute atomic E-state index is 0.0559. The summed E-state index contributed by atoms with van der Waals surface area (Å²) in [6, 6.07) is 17.4. The second-order valence-electron chi connectivity index (χ2n) is 9.43. The Hall–Kier alpha value is -4.54. The fraction of sp³-hybridized carbons (Fsp3) is 0.300. The van der Waals surface area contributed by atoms with Crippen molar-refractivity contribution in [2.45, 2.75) is 58.0 Å². The lowest BCUT2D eigenvalue weighted by atomic mass is 10.0. The molecule has 2 amide bonds. The van der Waals surface area contributed by atoms with Crippen LogP contribution in [-0.2, 0) is 28.9 Å². The first-order chi connectivity index (χ1) is 19.5. The fourth-order valence-corrected chi connectivity index (χ4v) is 3.91. The third kappa shape index (κ3) is 10.2. The van der Waals surface area contributed by atoms with E-state index in [2.05, 4.69) is 15.6 Å². The maximum absolute atomic E-state index is 13.2. The molecule has 0 unspecified atom stereocenters. The zero-order valence-electron chi connectivity index (χ0n) is 22.7. The number of benzene rings is 3. The van der Waals surface area contributed by atoms with E-state index in [4.69, 9.17) is 16.2 Å². The minimum atomic E-state index is -4.40. The van der Waals surface area contributed by atoms with Crippen molar-refractivity contribution in [3.63, 3.8) is 0 Å². The highest BCUT2D eigenvalue weighted by atomic mass is 19.4. The van der Waals surface area contributed by atoms with Crippen molar-refractivity contribution >= 4 is 23.5 Å². The molecule has 11 heteroatoms. The maximum atomic E-state index is 13.2. The van der Waals surface area contributed by atoms with Crippen LogP contribution < -0.4 is 26.8 Å². The van der Waals surface area contributed by atoms with E-state index in [0.29, 0.717) is 29.0 Å². The van der Waals surface area contributed by atoms with Crippen molar-refractivity contribution < 1.29 is 27.5 Å². The Kier molecular flexibility index (Phi) is 11.1. The third-order valence-corrected chi connectivity index (χ3v) is 6.14. The van der Waals surface area contributed by atoms with Crippen LogP contribution in [-0.4, -0.2) is 17.8 Å². The number of hydrogen-bond donors (Lipinski definition) is 4. The molecular weight excluding hydrogens is 535 g/mol. The van der Waals surface area contributed by atoms with Crippen molar-refractivity contribution in [3.05, 3.63) is 95.1 Å². The van der Waals surface area contributed by atoms with Gasteiger partial charge in [-0.25, -0.2) is 4.99 Å². The van der Waals surface area contributed by atoms with E-state index in [0.717, 1.165) is 37.0 Å². The smallest absolute Gasteiger partial charge is 0.416 e. The SMILES string of the molecule is CCCCCC(=O)N[C@H](C(=O)NCc1ccc(N=C(N)N)cc1)c1ccc(OCc2ccc(C(F)(F)F)cc2)cc1. The summed E-state index contributed by atoms with van der Waals surface area (Å²) < 4.78 is 44.0. The predicted octanol–water partition coefficient (Wildman–Crippen LogP) is 5.24. The Morgan fingerprint density at radius 3 is 2.12 bits per heavy atom. The molecule has 1 atom stereocenters. The molecule has 0 aliphatic heterocycles. The number of carbonyl (C=O) groups is 2. The topological polar surface area (TPSA) is 132 Å². The van der Waals surface area contributed by atoms with Gasteiger partial charge in [0.2, 0.25) is 11.8 Å². The lowest BCUT2D eigenvalue weighted by Gasteiger charge is -2.19. The van der Waals surface area contributed by atoms with E-state index in [9.17, 15) is 22.8 Å². The average molecular weight is 570 g/mol. The normalized spacial score (nSPS) is 11.8. The van der Waals surface area contributed by atoms with Crippen LogP contribution in [0.25, 0.3) is 0 Å². The lowest BCUT2D eigenvalue weighted by Crippen LogP contribution is -2.40. The largest absolute Gasteiger partial charge is 0.489 e. The highest BCUT2D eigenvalue weighted by Gasteiger charge is 2.30. The van der Waals surface area contributed by atoms with Crippen LogP contribution >= 0.6 is 0 Å². The molecule has 0 heterocycles. The Morgan fingerprint density at radius 1 is 0.902 bits per heavy atom. The lowest BCUT2D eigenvalue weighted by molar-refractivity contribution is -0.137. The number of amides is 2. The van der Waals surface area contributed by atoms with Gasteiger partial charge in [-0.3, -0.25) is 9.59 Å². The molecule has 0 aliphatic carbocycles. The van der Waals surface area contributed by atoms with Crippen LogP contribution in [0.1, 0.15) is 60.9 Å². The summed E-state index contributed by atoms with van der Waals surface area (Å²) >= 11 is 0. The number of nitrogens with zero attached hydrogens (tertiary/aromatic N) is 1. The first-order valence-corrected chi connectivity index (χ1v) is 13.2. The van der Waals surface area contributed by atoms with Gasteiger partial charge in [-0.1, -0.05) is 56.2 Å². The number of nitrogens with two attached hydrogens (primary N) is 2. The molecule has 0 bridgehead atoms. The molecule has 6 N–H and O–H groups in total. The van der Waals surface area contributed by atoms with Gasteiger partial charge >= 0.3 is 6.18 Å². The molecule has 0 saturated heterocycles. The van der Waals surface area contributed by atoms with Gasteiger partial charge in [0.1, 0.15) is 18.4 Å². The van der Waals surface area contributed by atoms with Crippen LogP contribution in [0.4, 0.5) is 18.9 Å². The number of unbranched alkanes of at least 4 members (excludes halogenated alkanes) is 2. The van der Waals surface area contributed by atoms with Crippen LogP contribution in [0, 0.1) is 0 Å². The zero-order chi connectivity index (χ0) is 29.8. The second kappa shape index (κ2) is 14.7. The van der Waals surface area contributed by atoms with Crippen molar-refractivity contribution in [1.29, 1.82) is 0 Å². The molecule has 0 aliphatic rings. The second-order valence-corrected chi connectivity index (χ2v) is 9.43. The van der Waals surface area contributed by atoms with E-state index in [1.807, 2.05) is 6.92 Å². The highest BCUT2D eigenvalue weighted by Crippen LogP contribution is 2.29. The summed E-state index contributed by atoms with van der Waals surface area (Å²) in [6.45, 7) is 2.33. The van der Waals surface area contributed by atoms with Crippen molar-refractivity contribution in [2.75, 3.05) is 0 Å². The number of guanidine groups is 1. The van der Waals surface area contributed by atoms with E-state index in [1.54, 1.807) is 48.5 Å². The number of ether oxygens (including phenoxy) is 1. The predicted molar refractivity (Wildman–Crippen MR) is 151 cm³/mol. The molecule has 0 radical (unpaired) electrons. The van der Waals surface area contributed by atoms with Crippen molar-refractivity contribution in [3.8, 4) is 5.75 Å². The number of halogens is 3. The molecule has 0 aromatic heterocycles. The highest BCUT2D eigenvalue weighted by molar-refractivity contribution is 5.88. The summed E-state index contributed by atoms with van der Waals surface area (Å²) in [4.78, 5) is 29.8. The van der Waals surface area contributed by atoms with E-state index < -0.39 is 17.8 Å². The number of hydrogen-bond acceptors (Lipinski definition) is 4. The van der Waals surface area contributed by atoms with Crippen LogP contribution in [0.2, 0.25) is 0 Å². The molecule has 0 fully saturated rings. The van der Waals surface area contributed by atoms with Gasteiger partial charge in [0.25, 0.3) is 0 Å². The Balaban J connectivity index is 1.66. The number of nitrogens with one attached hydrogen (secondary N) is 2. The number of alkyl halides is 3. The summed E-state index contributed by atoms with van der Waals surface area (Å²) in [7, 11) is 0. The van der Waals surface area contributed by atoms with E-state index in [-0.39, 0.29) is 30.9 Å². The van der Waals surface area contributed by atoms with Gasteiger partial charge in [0.15, 0.2) is 5.96 Å². The standard InChI is InChI=1S/C30H34F3N5O3/c1-2-3-4-5-26(39)38-27(28(40)36-18-20-8-14-24(15-9-20)37-29(34)35)22-10-16-25(17-11-22)41-19-21-6-12-23(13-7-21)30(31,32)33/h6-17,27H,2-5,18-19H2,1H3,(H,36,40)(H,38,39)(H4,34,35,37)/t27-/m0/s1. The van der Waals surface area contributed by atoms with E-state index >= 15 is 0 Å². The maximum Gasteiger partial charge on any atom is 0.416 e. The third-order valence-electron chi connectivity index (χ3n) is 6.14. The quantitative estimate of drug-likeness (QED) is 0.127. The van der Waals surface area contributed by atoms with Gasteiger partial charge in [-0.05, 0) is 59.5 Å². The summed E-state index contributed by atoms with van der Waals surface area (Å²) in [5.74, 6) is -0.217. The first-order valence-electron chi connectivity index (χ1n) is 13.2. The monoisotopic (exact) mass is 569 g/mol. The molecule has 0 saturated carbocycles. The fourth-order valence-electron chi connectivity index (χ4n) is 3.91. The zero-order valence-corrected chi connectivity index (χ0v) is 22.7. The number of aliphatic imine (C=N–C) groups is 1. The Labute approximate surface area is 237 Å². The Bertz CT molecular complexity index is 1310. The summed E-state index contributed by atoms with van der Waals surface area (Å²) in [5, 5.41) is 5.68.